The fourth-order valence-corrected chi connectivity index (χ4v) is 2.32. The van der Waals surface area contributed by atoms with Crippen LogP contribution in [-0.4, -0.2) is 4.98 Å². The van der Waals surface area contributed by atoms with E-state index in [0.717, 1.165) is 6.20 Å². The zero-order valence-corrected chi connectivity index (χ0v) is 11.7. The predicted octanol–water partition coefficient (Wildman–Crippen LogP) is 4.91. The maximum absolute atomic E-state index is 13.7. The van der Waals surface area contributed by atoms with E-state index < -0.39 is 5.82 Å². The van der Waals surface area contributed by atoms with Crippen molar-refractivity contribution >= 4 is 34.8 Å². The van der Waals surface area contributed by atoms with Gasteiger partial charge in [-0.15, -0.1) is 0 Å². The Morgan fingerprint density at radius 3 is 2.53 bits per heavy atom. The van der Waals surface area contributed by atoms with Gasteiger partial charge in [0.15, 0.2) is 0 Å². The third-order valence-corrected chi connectivity index (χ3v) is 3.88. The molecule has 0 bridgehead atoms. The zero-order valence-electron chi connectivity index (χ0n) is 9.42. The van der Waals surface area contributed by atoms with Crippen LogP contribution in [0.25, 0.3) is 11.1 Å². The van der Waals surface area contributed by atoms with Crippen LogP contribution in [0, 0.1) is 17.1 Å². The Kier molecular flexibility index (Phi) is 4.26. The third-order valence-electron chi connectivity index (χ3n) is 2.59. The lowest BCUT2D eigenvalue weighted by atomic mass is 10.00. The van der Waals surface area contributed by atoms with E-state index in [0.29, 0.717) is 16.1 Å². The largest absolute Gasteiger partial charge is 0.261 e. The van der Waals surface area contributed by atoms with Gasteiger partial charge >= 0.3 is 0 Å². The summed E-state index contributed by atoms with van der Waals surface area (Å²) in [5.74, 6) is -0.554. The van der Waals surface area contributed by atoms with Crippen LogP contribution >= 0.6 is 34.8 Å². The minimum Gasteiger partial charge on any atom is -0.261 e. The van der Waals surface area contributed by atoms with Crippen LogP contribution < -0.4 is 0 Å². The van der Waals surface area contributed by atoms with Crippen LogP contribution in [0.4, 0.5) is 4.39 Å². The number of aromatic nitrogens is 1. The number of nitriles is 1. The van der Waals surface area contributed by atoms with Crippen LogP contribution in [0.15, 0.2) is 24.5 Å². The van der Waals surface area contributed by atoms with Gasteiger partial charge in [0, 0.05) is 22.9 Å². The molecule has 0 fully saturated rings. The van der Waals surface area contributed by atoms with E-state index in [9.17, 15) is 4.39 Å². The minimum absolute atomic E-state index is 0.0831. The Morgan fingerprint density at radius 1 is 1.11 bits per heavy atom. The monoisotopic (exact) mass is 314 g/mol. The average molecular weight is 316 g/mol. The first-order valence-electron chi connectivity index (χ1n) is 5.19. The first-order chi connectivity index (χ1) is 9.06. The molecule has 0 saturated carbocycles. The molecule has 0 amide bonds. The van der Waals surface area contributed by atoms with E-state index in [-0.39, 0.29) is 22.0 Å². The standard InChI is InChI=1S/C13H6Cl3FN2/c14-10-2-1-8(12(15)13(10)16)9-5-19-6-11(17)7(9)3-4-18/h1-2,5-6H,3H2. The molecule has 19 heavy (non-hydrogen) atoms. The Labute approximate surface area is 124 Å². The topological polar surface area (TPSA) is 36.7 Å². The molecule has 2 nitrogen and oxygen atoms in total. The average Bonchev–Trinajstić information content (AvgIpc) is 2.39. The van der Waals surface area contributed by atoms with Crippen molar-refractivity contribution in [2.24, 2.45) is 0 Å². The van der Waals surface area contributed by atoms with Gasteiger partial charge in [0.2, 0.25) is 0 Å². The summed E-state index contributed by atoms with van der Waals surface area (Å²) in [4.78, 5) is 3.78. The van der Waals surface area contributed by atoms with E-state index in [1.54, 1.807) is 12.1 Å². The highest BCUT2D eigenvalue weighted by molar-refractivity contribution is 6.49. The Bertz CT molecular complexity index is 680. The van der Waals surface area contributed by atoms with Crippen molar-refractivity contribution in [1.82, 2.24) is 4.98 Å². The molecule has 0 saturated heterocycles. The molecule has 2 rings (SSSR count). The van der Waals surface area contributed by atoms with Gasteiger partial charge < -0.3 is 0 Å². The lowest BCUT2D eigenvalue weighted by molar-refractivity contribution is 0.609. The molecule has 0 radical (unpaired) electrons. The lowest BCUT2D eigenvalue weighted by Crippen LogP contribution is -1.96. The maximum Gasteiger partial charge on any atom is 0.146 e. The predicted molar refractivity (Wildman–Crippen MR) is 74.0 cm³/mol. The highest BCUT2D eigenvalue weighted by atomic mass is 35.5. The summed E-state index contributed by atoms with van der Waals surface area (Å²) >= 11 is 17.9. The molecular weight excluding hydrogens is 310 g/mol. The quantitative estimate of drug-likeness (QED) is 0.738. The molecule has 96 valence electrons. The van der Waals surface area contributed by atoms with Crippen molar-refractivity contribution in [3.8, 4) is 17.2 Å². The Hall–Kier alpha value is -1.34. The van der Waals surface area contributed by atoms with Gasteiger partial charge in [-0.3, -0.25) is 4.98 Å². The maximum atomic E-state index is 13.7. The number of pyridine rings is 1. The first kappa shape index (κ1) is 14.1. The van der Waals surface area contributed by atoms with Crippen molar-refractivity contribution in [2.75, 3.05) is 0 Å². The molecule has 0 spiro atoms. The molecule has 1 heterocycles. The Balaban J connectivity index is 2.70. The molecule has 0 atom stereocenters. The molecule has 0 aliphatic heterocycles. The van der Waals surface area contributed by atoms with E-state index >= 15 is 0 Å². The summed E-state index contributed by atoms with van der Waals surface area (Å²) < 4.78 is 13.7. The molecule has 2 aromatic rings. The second kappa shape index (κ2) is 5.75. The molecular formula is C13H6Cl3FN2. The zero-order chi connectivity index (χ0) is 14.0. The minimum atomic E-state index is -0.554. The van der Waals surface area contributed by atoms with Crippen molar-refractivity contribution in [2.45, 2.75) is 6.42 Å². The van der Waals surface area contributed by atoms with Crippen LogP contribution in [0.3, 0.4) is 0 Å². The summed E-state index contributed by atoms with van der Waals surface area (Å²) in [6.07, 6.45) is 2.42. The summed E-state index contributed by atoms with van der Waals surface area (Å²) in [6.45, 7) is 0. The van der Waals surface area contributed by atoms with Crippen LogP contribution in [0.1, 0.15) is 5.56 Å². The summed E-state index contributed by atoms with van der Waals surface area (Å²) in [5.41, 5.74) is 1.16. The van der Waals surface area contributed by atoms with Crippen molar-refractivity contribution < 1.29 is 4.39 Å². The van der Waals surface area contributed by atoms with Gasteiger partial charge in [-0.2, -0.15) is 5.26 Å². The molecule has 1 aromatic heterocycles. The third kappa shape index (κ3) is 2.66. The van der Waals surface area contributed by atoms with Crippen LogP contribution in [0.2, 0.25) is 15.1 Å². The van der Waals surface area contributed by atoms with Gasteiger partial charge in [-0.1, -0.05) is 40.9 Å². The molecule has 0 aliphatic carbocycles. The van der Waals surface area contributed by atoms with E-state index in [4.69, 9.17) is 40.1 Å². The number of hydrogen-bond acceptors (Lipinski definition) is 2. The van der Waals surface area contributed by atoms with E-state index in [2.05, 4.69) is 4.98 Å². The number of benzene rings is 1. The lowest BCUT2D eigenvalue weighted by Gasteiger charge is -2.11. The second-order valence-electron chi connectivity index (χ2n) is 3.71. The van der Waals surface area contributed by atoms with Crippen LogP contribution in [-0.2, 0) is 6.42 Å². The smallest absolute Gasteiger partial charge is 0.146 e. The summed E-state index contributed by atoms with van der Waals surface area (Å²) in [7, 11) is 0. The summed E-state index contributed by atoms with van der Waals surface area (Å²) in [6, 6.07) is 5.09. The van der Waals surface area contributed by atoms with Gasteiger partial charge in [0.25, 0.3) is 0 Å². The molecule has 1 aromatic carbocycles. The molecule has 0 N–H and O–H groups in total. The fraction of sp³-hybridized carbons (Fsp3) is 0.0769. The van der Waals surface area contributed by atoms with Crippen molar-refractivity contribution in [1.29, 1.82) is 5.26 Å². The Morgan fingerprint density at radius 2 is 1.84 bits per heavy atom. The van der Waals surface area contributed by atoms with Gasteiger partial charge in [-0.25, -0.2) is 4.39 Å². The number of hydrogen-bond donors (Lipinski definition) is 0. The highest BCUT2D eigenvalue weighted by Gasteiger charge is 2.16. The van der Waals surface area contributed by atoms with Gasteiger partial charge in [-0.05, 0) is 6.07 Å². The van der Waals surface area contributed by atoms with Gasteiger partial charge in [0.1, 0.15) is 5.82 Å². The molecule has 0 unspecified atom stereocenters. The molecule has 6 heteroatoms. The van der Waals surface area contributed by atoms with E-state index in [1.807, 2.05) is 6.07 Å². The number of halogens is 4. The van der Waals surface area contributed by atoms with Crippen molar-refractivity contribution in [3.63, 3.8) is 0 Å². The first-order valence-corrected chi connectivity index (χ1v) is 6.32. The number of nitrogens with zero attached hydrogens (tertiary/aromatic N) is 2. The molecule has 0 aliphatic rings. The SMILES string of the molecule is N#CCc1c(F)cncc1-c1ccc(Cl)c(Cl)c1Cl. The fourth-order valence-electron chi connectivity index (χ4n) is 1.69. The highest BCUT2D eigenvalue weighted by Crippen LogP contribution is 2.39. The number of rotatable bonds is 2. The summed E-state index contributed by atoms with van der Waals surface area (Å²) in [5, 5.41) is 9.47. The van der Waals surface area contributed by atoms with Gasteiger partial charge in [0.05, 0.1) is 33.8 Å². The van der Waals surface area contributed by atoms with Crippen LogP contribution in [0.5, 0.6) is 0 Å². The normalized spacial score (nSPS) is 10.3. The second-order valence-corrected chi connectivity index (χ2v) is 4.87. The van der Waals surface area contributed by atoms with Crippen molar-refractivity contribution in [3.05, 3.63) is 51.0 Å². The van der Waals surface area contributed by atoms with E-state index in [1.165, 1.54) is 6.20 Å².